The maximum absolute atomic E-state index is 12.8. The zero-order chi connectivity index (χ0) is 28.4. The van der Waals surface area contributed by atoms with E-state index in [1.165, 1.54) is 27.8 Å². The van der Waals surface area contributed by atoms with E-state index in [4.69, 9.17) is 9.47 Å². The molecule has 3 atom stereocenters. The molecule has 0 N–H and O–H groups in total. The molecular weight excluding hydrogens is 498 g/mol. The van der Waals surface area contributed by atoms with Gasteiger partial charge in [0.1, 0.15) is 11.4 Å². The molecular formula is C34H43N3O3. The molecule has 2 aliphatic rings. The number of amides is 1. The number of rotatable bonds is 6. The Labute approximate surface area is 239 Å². The highest BCUT2D eigenvalue weighted by Gasteiger charge is 2.36. The van der Waals surface area contributed by atoms with Gasteiger partial charge in [-0.15, -0.1) is 0 Å². The summed E-state index contributed by atoms with van der Waals surface area (Å²) in [7, 11) is 1.72. The second-order valence-corrected chi connectivity index (χ2v) is 12.4. The smallest absolute Gasteiger partial charge is 0.410 e. The van der Waals surface area contributed by atoms with Crippen LogP contribution in [0.5, 0.6) is 5.75 Å². The lowest BCUT2D eigenvalue weighted by atomic mass is 9.91. The summed E-state index contributed by atoms with van der Waals surface area (Å²) in [4.78, 5) is 19.8. The van der Waals surface area contributed by atoms with Crippen LogP contribution in [0.4, 0.5) is 4.79 Å². The Kier molecular flexibility index (Phi) is 8.20. The maximum Gasteiger partial charge on any atom is 0.410 e. The first-order valence-electron chi connectivity index (χ1n) is 14.4. The van der Waals surface area contributed by atoms with Crippen molar-refractivity contribution in [2.24, 2.45) is 0 Å². The fraction of sp³-hybridized carbons (Fsp3) is 0.441. The van der Waals surface area contributed by atoms with E-state index in [9.17, 15) is 4.79 Å². The third kappa shape index (κ3) is 6.34. The standard InChI is InChI=1S/C34H43N3O3/c1-24-20-37(25(2)19-35(24)21-26-11-8-7-9-12-26)32(27-13-10-14-31(18-27)39-6)28-15-16-29-22-36(23-30(29)17-28)33(38)40-34(3,4)5/h7-18,24-25,32H,19-23H2,1-6H3/t24-,25+,32?/m1/s1. The molecule has 6 heteroatoms. The predicted octanol–water partition coefficient (Wildman–Crippen LogP) is 6.63. The molecule has 3 aromatic carbocycles. The van der Waals surface area contributed by atoms with E-state index in [2.05, 4.69) is 90.4 Å². The largest absolute Gasteiger partial charge is 0.497 e. The number of ether oxygens (including phenoxy) is 2. The van der Waals surface area contributed by atoms with Gasteiger partial charge in [0.25, 0.3) is 0 Å². The van der Waals surface area contributed by atoms with Crippen LogP contribution in [0.2, 0.25) is 0 Å². The van der Waals surface area contributed by atoms with Crippen molar-refractivity contribution in [1.29, 1.82) is 0 Å². The molecule has 0 spiro atoms. The normalized spacial score (nSPS) is 20.7. The van der Waals surface area contributed by atoms with Crippen molar-refractivity contribution in [1.82, 2.24) is 14.7 Å². The van der Waals surface area contributed by atoms with Crippen LogP contribution in [0.1, 0.15) is 68.5 Å². The molecule has 0 aliphatic carbocycles. The number of hydrogen-bond acceptors (Lipinski definition) is 5. The minimum Gasteiger partial charge on any atom is -0.497 e. The molecule has 0 aromatic heterocycles. The van der Waals surface area contributed by atoms with Crippen molar-refractivity contribution in [2.75, 3.05) is 20.2 Å². The van der Waals surface area contributed by atoms with Gasteiger partial charge in [-0.05, 0) is 74.6 Å². The van der Waals surface area contributed by atoms with Gasteiger partial charge < -0.3 is 9.47 Å². The van der Waals surface area contributed by atoms with Crippen LogP contribution in [-0.2, 0) is 24.4 Å². The van der Waals surface area contributed by atoms with Gasteiger partial charge in [0.2, 0.25) is 0 Å². The van der Waals surface area contributed by atoms with Crippen molar-refractivity contribution in [3.8, 4) is 5.75 Å². The summed E-state index contributed by atoms with van der Waals surface area (Å²) in [6.45, 7) is 14.5. The van der Waals surface area contributed by atoms with Gasteiger partial charge >= 0.3 is 6.09 Å². The number of hydrogen-bond donors (Lipinski definition) is 0. The average molecular weight is 542 g/mol. The number of fused-ring (bicyclic) bond motifs is 1. The highest BCUT2D eigenvalue weighted by Crippen LogP contribution is 2.37. The molecule has 3 aromatic rings. The van der Waals surface area contributed by atoms with E-state index in [1.54, 1.807) is 12.0 Å². The minimum atomic E-state index is -0.510. The number of piperazine rings is 1. The van der Waals surface area contributed by atoms with Crippen LogP contribution in [0.15, 0.2) is 72.8 Å². The van der Waals surface area contributed by atoms with E-state index in [0.717, 1.165) is 25.4 Å². The molecule has 0 bridgehead atoms. The van der Waals surface area contributed by atoms with Gasteiger partial charge in [0.05, 0.1) is 13.2 Å². The summed E-state index contributed by atoms with van der Waals surface area (Å²) >= 11 is 0. The SMILES string of the molecule is COc1cccc(C(c2ccc3c(c2)CN(C(=O)OC(C)(C)C)C3)N2C[C@@H](C)N(Cc3ccccc3)C[C@@H]2C)c1. The second-order valence-electron chi connectivity index (χ2n) is 12.4. The molecule has 5 rings (SSSR count). The van der Waals surface area contributed by atoms with Gasteiger partial charge in [0, 0.05) is 44.8 Å². The molecule has 0 radical (unpaired) electrons. The quantitative estimate of drug-likeness (QED) is 0.351. The number of carbonyl (C=O) groups is 1. The monoisotopic (exact) mass is 541 g/mol. The van der Waals surface area contributed by atoms with Gasteiger partial charge in [0.15, 0.2) is 0 Å². The Morgan fingerprint density at radius 3 is 2.33 bits per heavy atom. The lowest BCUT2D eigenvalue weighted by Crippen LogP contribution is -2.56. The van der Waals surface area contributed by atoms with Gasteiger partial charge in [-0.3, -0.25) is 14.7 Å². The lowest BCUT2D eigenvalue weighted by Gasteiger charge is -2.48. The van der Waals surface area contributed by atoms with Crippen LogP contribution in [0.25, 0.3) is 0 Å². The van der Waals surface area contributed by atoms with Crippen molar-refractivity contribution < 1.29 is 14.3 Å². The number of carbonyl (C=O) groups excluding carboxylic acids is 1. The zero-order valence-electron chi connectivity index (χ0n) is 24.8. The van der Waals surface area contributed by atoms with Crippen LogP contribution in [0.3, 0.4) is 0 Å². The van der Waals surface area contributed by atoms with E-state index >= 15 is 0 Å². The third-order valence-electron chi connectivity index (χ3n) is 8.05. The summed E-state index contributed by atoms with van der Waals surface area (Å²) in [5.74, 6) is 0.864. The molecule has 212 valence electrons. The molecule has 2 heterocycles. The molecule has 0 saturated carbocycles. The Morgan fingerprint density at radius 1 is 0.875 bits per heavy atom. The minimum absolute atomic E-state index is 0.0762. The van der Waals surface area contributed by atoms with Crippen molar-refractivity contribution in [2.45, 2.75) is 78.0 Å². The van der Waals surface area contributed by atoms with Crippen molar-refractivity contribution in [3.63, 3.8) is 0 Å². The Hall–Kier alpha value is -3.35. The molecule has 1 fully saturated rings. The fourth-order valence-corrected chi connectivity index (χ4v) is 6.05. The van der Waals surface area contributed by atoms with Gasteiger partial charge in [-0.2, -0.15) is 0 Å². The van der Waals surface area contributed by atoms with Crippen molar-refractivity contribution in [3.05, 3.63) is 101 Å². The first kappa shape index (κ1) is 28.2. The molecule has 2 aliphatic heterocycles. The van der Waals surface area contributed by atoms with Gasteiger partial charge in [-0.25, -0.2) is 4.79 Å². The topological polar surface area (TPSA) is 45.2 Å². The van der Waals surface area contributed by atoms with E-state index < -0.39 is 5.60 Å². The summed E-state index contributed by atoms with van der Waals surface area (Å²) in [6.07, 6.45) is -0.258. The fourth-order valence-electron chi connectivity index (χ4n) is 6.05. The van der Waals surface area contributed by atoms with Crippen LogP contribution in [-0.4, -0.2) is 58.7 Å². The molecule has 1 amide bonds. The third-order valence-corrected chi connectivity index (χ3v) is 8.05. The highest BCUT2D eigenvalue weighted by molar-refractivity contribution is 5.69. The number of benzene rings is 3. The van der Waals surface area contributed by atoms with E-state index in [0.29, 0.717) is 25.2 Å². The van der Waals surface area contributed by atoms with E-state index in [-0.39, 0.29) is 12.1 Å². The summed E-state index contributed by atoms with van der Waals surface area (Å²) in [6, 6.07) is 26.8. The van der Waals surface area contributed by atoms with Gasteiger partial charge in [-0.1, -0.05) is 60.7 Å². The van der Waals surface area contributed by atoms with E-state index in [1.807, 2.05) is 26.8 Å². The Bertz CT molecular complexity index is 1320. The first-order valence-corrected chi connectivity index (χ1v) is 14.4. The highest BCUT2D eigenvalue weighted by atomic mass is 16.6. The Morgan fingerprint density at radius 2 is 1.60 bits per heavy atom. The second kappa shape index (κ2) is 11.6. The average Bonchev–Trinajstić information content (AvgIpc) is 3.35. The molecule has 6 nitrogen and oxygen atoms in total. The molecule has 1 unspecified atom stereocenters. The maximum atomic E-state index is 12.8. The lowest BCUT2D eigenvalue weighted by molar-refractivity contribution is 0.0194. The first-order chi connectivity index (χ1) is 19.1. The predicted molar refractivity (Wildman–Crippen MR) is 159 cm³/mol. The van der Waals surface area contributed by atoms with Crippen molar-refractivity contribution >= 4 is 6.09 Å². The Balaban J connectivity index is 1.43. The molecule has 40 heavy (non-hydrogen) atoms. The zero-order valence-corrected chi connectivity index (χ0v) is 24.8. The number of nitrogens with zero attached hydrogens (tertiary/aromatic N) is 3. The van der Waals surface area contributed by atoms with Crippen LogP contribution < -0.4 is 4.74 Å². The number of methoxy groups -OCH3 is 1. The summed E-state index contributed by atoms with van der Waals surface area (Å²) in [5, 5.41) is 0. The van der Waals surface area contributed by atoms with Crippen LogP contribution >= 0.6 is 0 Å². The summed E-state index contributed by atoms with van der Waals surface area (Å²) < 4.78 is 11.3. The summed E-state index contributed by atoms with van der Waals surface area (Å²) in [5.41, 5.74) is 5.69. The van der Waals surface area contributed by atoms with Crippen LogP contribution in [0, 0.1) is 0 Å². The molecule has 1 saturated heterocycles.